The van der Waals surface area contributed by atoms with Gasteiger partial charge in [-0.3, -0.25) is 10.1 Å². The summed E-state index contributed by atoms with van der Waals surface area (Å²) in [4.78, 5) is 9.76. The minimum atomic E-state index is -0.779. The molecule has 0 atom stereocenters. The predicted octanol–water partition coefficient (Wildman–Crippen LogP) is 1.87. The van der Waals surface area contributed by atoms with Crippen molar-refractivity contribution in [3.05, 3.63) is 35.2 Å². The molecular weight excluding hydrogens is 334 g/mol. The summed E-state index contributed by atoms with van der Waals surface area (Å²) in [6.07, 6.45) is 0. The first kappa shape index (κ1) is 16.7. The molecule has 0 fully saturated rings. The summed E-state index contributed by atoms with van der Waals surface area (Å²) in [5.41, 5.74) is -0.548. The SMILES string of the molecule is O=[N+]([O-])c1c(Cl)c(Cl)c(Cl)c(Cl)c1Cl.[K+]. The number of nitrogens with zero attached hydrogens (tertiary/aromatic N) is 1. The topological polar surface area (TPSA) is 43.1 Å². The van der Waals surface area contributed by atoms with Crippen LogP contribution < -0.4 is 51.4 Å². The number of hydrogen-bond acceptors (Lipinski definition) is 2. The predicted molar refractivity (Wildman–Crippen MR) is 58.1 cm³/mol. The molecule has 0 aromatic heterocycles. The Morgan fingerprint density at radius 2 is 1.07 bits per heavy atom. The van der Waals surface area contributed by atoms with Crippen molar-refractivity contribution >= 4 is 63.7 Å². The average Bonchev–Trinajstić information content (AvgIpc) is 2.11. The number of halogens is 5. The minimum absolute atomic E-state index is 0. The van der Waals surface area contributed by atoms with Crippen molar-refractivity contribution in [2.45, 2.75) is 0 Å². The van der Waals surface area contributed by atoms with Crippen LogP contribution >= 0.6 is 58.0 Å². The van der Waals surface area contributed by atoms with Gasteiger partial charge in [0.15, 0.2) is 0 Å². The fourth-order valence-electron chi connectivity index (χ4n) is 0.754. The minimum Gasteiger partial charge on any atom is -0.258 e. The zero-order valence-corrected chi connectivity index (χ0v) is 14.1. The van der Waals surface area contributed by atoms with E-state index in [9.17, 15) is 10.1 Å². The van der Waals surface area contributed by atoms with Crippen LogP contribution in [0.4, 0.5) is 5.69 Å². The van der Waals surface area contributed by atoms with E-state index in [0.29, 0.717) is 0 Å². The van der Waals surface area contributed by atoms with E-state index in [4.69, 9.17) is 58.0 Å². The maximum absolute atomic E-state index is 10.5. The van der Waals surface area contributed by atoms with Crippen LogP contribution in [-0.4, -0.2) is 4.92 Å². The van der Waals surface area contributed by atoms with Gasteiger partial charge < -0.3 is 0 Å². The molecule has 1 aromatic rings. The molecule has 0 bridgehead atoms. The first-order valence-corrected chi connectivity index (χ1v) is 4.92. The van der Waals surface area contributed by atoms with Crippen LogP contribution in [-0.2, 0) is 0 Å². The molecule has 0 radical (unpaired) electrons. The summed E-state index contributed by atoms with van der Waals surface area (Å²) in [5, 5.41) is 9.41. The van der Waals surface area contributed by atoms with Crippen LogP contribution in [0.15, 0.2) is 0 Å². The summed E-state index contributed by atoms with van der Waals surface area (Å²) in [7, 11) is 0. The van der Waals surface area contributed by atoms with Crippen LogP contribution in [0.2, 0.25) is 25.1 Å². The van der Waals surface area contributed by atoms with E-state index < -0.39 is 10.6 Å². The average molecular weight is 334 g/mol. The number of benzene rings is 1. The van der Waals surface area contributed by atoms with Gasteiger partial charge in [0, 0.05) is 0 Å². The van der Waals surface area contributed by atoms with Crippen molar-refractivity contribution in [2.75, 3.05) is 0 Å². The van der Waals surface area contributed by atoms with Crippen LogP contribution in [0.1, 0.15) is 0 Å². The molecule has 0 unspecified atom stereocenters. The molecule has 0 heterocycles. The standard InChI is InChI=1S/C6Cl5NO2.K/c7-1-2(8)4(10)6(12(13)14)5(11)3(1)9;/q;+1. The molecule has 0 amide bonds. The number of nitro groups is 1. The molecule has 0 saturated heterocycles. The van der Waals surface area contributed by atoms with Crippen molar-refractivity contribution in [1.29, 1.82) is 0 Å². The second kappa shape index (κ2) is 6.59. The van der Waals surface area contributed by atoms with E-state index >= 15 is 0 Å². The molecule has 3 nitrogen and oxygen atoms in total. The van der Waals surface area contributed by atoms with E-state index in [1.165, 1.54) is 0 Å². The maximum Gasteiger partial charge on any atom is 1.00 e. The van der Waals surface area contributed by atoms with Gasteiger partial charge in [0.2, 0.25) is 0 Å². The van der Waals surface area contributed by atoms with E-state index in [2.05, 4.69) is 0 Å². The summed E-state index contributed by atoms with van der Waals surface area (Å²) < 4.78 is 0. The third kappa shape index (κ3) is 3.34. The van der Waals surface area contributed by atoms with E-state index in [1.54, 1.807) is 0 Å². The van der Waals surface area contributed by atoms with Gasteiger partial charge in [-0.1, -0.05) is 58.0 Å². The van der Waals surface area contributed by atoms with E-state index in [0.717, 1.165) is 0 Å². The fraction of sp³-hybridized carbons (Fsp3) is 0. The molecule has 15 heavy (non-hydrogen) atoms. The number of nitro benzene ring substituents is 1. The Labute approximate surface area is 153 Å². The largest absolute Gasteiger partial charge is 1.00 e. The zero-order valence-electron chi connectivity index (χ0n) is 7.15. The quantitative estimate of drug-likeness (QED) is 0.259. The van der Waals surface area contributed by atoms with E-state index in [1.807, 2.05) is 0 Å². The van der Waals surface area contributed by atoms with Gasteiger partial charge in [0.05, 0.1) is 20.0 Å². The van der Waals surface area contributed by atoms with Gasteiger partial charge in [0.1, 0.15) is 10.0 Å². The smallest absolute Gasteiger partial charge is 0.258 e. The summed E-state index contributed by atoms with van der Waals surface area (Å²) in [6, 6.07) is 0. The van der Waals surface area contributed by atoms with Gasteiger partial charge >= 0.3 is 57.1 Å². The van der Waals surface area contributed by atoms with Crippen LogP contribution in [0.25, 0.3) is 0 Å². The molecule has 1 rings (SSSR count). The first-order chi connectivity index (χ1) is 6.37. The molecule has 0 aliphatic heterocycles. The molecule has 0 saturated carbocycles. The molecule has 1 aromatic carbocycles. The molecule has 0 aliphatic carbocycles. The van der Waals surface area contributed by atoms with Gasteiger partial charge in [-0.2, -0.15) is 0 Å². The number of hydrogen-bond donors (Lipinski definition) is 0. The van der Waals surface area contributed by atoms with Crippen molar-refractivity contribution in [2.24, 2.45) is 0 Å². The van der Waals surface area contributed by atoms with Gasteiger partial charge in [-0.15, -0.1) is 0 Å². The van der Waals surface area contributed by atoms with E-state index in [-0.39, 0.29) is 76.5 Å². The van der Waals surface area contributed by atoms with Crippen molar-refractivity contribution in [1.82, 2.24) is 0 Å². The normalized spacial score (nSPS) is 9.67. The van der Waals surface area contributed by atoms with Crippen LogP contribution in [0.3, 0.4) is 0 Å². The monoisotopic (exact) mass is 332 g/mol. The summed E-state index contributed by atoms with van der Waals surface area (Å²) in [6.45, 7) is 0. The molecule has 0 aliphatic rings. The van der Waals surface area contributed by atoms with Crippen LogP contribution in [0, 0.1) is 10.1 Å². The Balaban J connectivity index is 0.00000196. The Bertz CT molecular complexity index is 395. The second-order valence-corrected chi connectivity index (χ2v) is 4.07. The fourth-order valence-corrected chi connectivity index (χ4v) is 2.02. The Kier molecular flexibility index (Phi) is 7.34. The molecule has 9 heteroatoms. The third-order valence-electron chi connectivity index (χ3n) is 1.37. The molecule has 0 spiro atoms. The van der Waals surface area contributed by atoms with Gasteiger partial charge in [0.25, 0.3) is 0 Å². The van der Waals surface area contributed by atoms with Gasteiger partial charge in [-0.05, 0) is 0 Å². The van der Waals surface area contributed by atoms with Crippen molar-refractivity contribution < 1.29 is 56.3 Å². The summed E-state index contributed by atoms with van der Waals surface area (Å²) >= 11 is 27.9. The van der Waals surface area contributed by atoms with Gasteiger partial charge in [-0.25, -0.2) is 0 Å². The van der Waals surface area contributed by atoms with Crippen LogP contribution in [0.5, 0.6) is 0 Å². The summed E-state index contributed by atoms with van der Waals surface area (Å²) in [5.74, 6) is 0. The molecule has 76 valence electrons. The third-order valence-corrected chi connectivity index (χ3v) is 3.63. The molecular formula is C6Cl5KNO2+. The Hall–Kier alpha value is 1.71. The number of rotatable bonds is 1. The Morgan fingerprint density at radius 3 is 1.33 bits per heavy atom. The van der Waals surface area contributed by atoms with Crippen molar-refractivity contribution in [3.63, 3.8) is 0 Å². The second-order valence-electron chi connectivity index (χ2n) is 2.18. The molecule has 0 N–H and O–H groups in total. The first-order valence-electron chi connectivity index (χ1n) is 3.03. The zero-order chi connectivity index (χ0) is 11.0. The maximum atomic E-state index is 10.5. The van der Waals surface area contributed by atoms with Crippen molar-refractivity contribution in [3.8, 4) is 0 Å². The Morgan fingerprint density at radius 1 is 0.800 bits per heavy atom.